The van der Waals surface area contributed by atoms with Crippen LogP contribution in [0.5, 0.6) is 0 Å². The van der Waals surface area contributed by atoms with Gasteiger partial charge in [-0.15, -0.1) is 0 Å². The molecule has 0 unspecified atom stereocenters. The minimum atomic E-state index is -1.50. The first kappa shape index (κ1) is 13.6. The molecule has 0 aliphatic rings. The predicted octanol–water partition coefficient (Wildman–Crippen LogP) is 0.722. The van der Waals surface area contributed by atoms with Crippen LogP contribution in [-0.4, -0.2) is 33.1 Å². The monoisotopic (exact) mass is 252 g/mol. The van der Waals surface area contributed by atoms with Crippen molar-refractivity contribution in [2.45, 2.75) is 19.4 Å². The SMILES string of the molecule is C[C@@H](C(=O)O)N(C(=O)Cc1ccccc1)[N+](=O)[O-]. The number of nitro groups is 1. The van der Waals surface area contributed by atoms with Gasteiger partial charge in [-0.25, -0.2) is 14.9 Å². The van der Waals surface area contributed by atoms with Gasteiger partial charge in [0.2, 0.25) is 0 Å². The standard InChI is InChI=1S/C11H12N2O5/c1-8(11(15)16)12(13(17)18)10(14)7-9-5-3-2-4-6-9/h2-6,8H,7H2,1H3,(H,15,16)/t8-/m0/s1. The second kappa shape index (κ2) is 5.76. The van der Waals surface area contributed by atoms with Gasteiger partial charge in [0.1, 0.15) is 0 Å². The first-order valence-electron chi connectivity index (χ1n) is 5.16. The zero-order valence-electron chi connectivity index (χ0n) is 9.65. The van der Waals surface area contributed by atoms with Crippen molar-refractivity contribution < 1.29 is 19.7 Å². The second-order valence-electron chi connectivity index (χ2n) is 3.65. The molecule has 0 heterocycles. The number of carbonyl (C=O) groups is 2. The first-order chi connectivity index (χ1) is 8.43. The van der Waals surface area contributed by atoms with Crippen molar-refractivity contribution in [1.82, 2.24) is 5.01 Å². The van der Waals surface area contributed by atoms with Crippen LogP contribution >= 0.6 is 0 Å². The molecule has 0 aliphatic heterocycles. The van der Waals surface area contributed by atoms with Crippen LogP contribution in [0.25, 0.3) is 0 Å². The predicted molar refractivity (Wildman–Crippen MR) is 61.1 cm³/mol. The van der Waals surface area contributed by atoms with Gasteiger partial charge in [-0.1, -0.05) is 30.3 Å². The Balaban J connectivity index is 2.85. The third-order valence-electron chi connectivity index (χ3n) is 2.35. The van der Waals surface area contributed by atoms with Crippen LogP contribution in [0.1, 0.15) is 12.5 Å². The summed E-state index contributed by atoms with van der Waals surface area (Å²) in [7, 11) is 0. The van der Waals surface area contributed by atoms with Crippen molar-refractivity contribution in [3.05, 3.63) is 46.0 Å². The zero-order valence-corrected chi connectivity index (χ0v) is 9.65. The Hall–Kier alpha value is -2.44. The fourth-order valence-corrected chi connectivity index (χ4v) is 1.40. The number of aliphatic carboxylic acids is 1. The number of hydrazine groups is 1. The summed E-state index contributed by atoms with van der Waals surface area (Å²) in [5.74, 6) is -2.28. The molecular formula is C11H12N2O5. The summed E-state index contributed by atoms with van der Waals surface area (Å²) < 4.78 is 0. The molecule has 1 aromatic carbocycles. The lowest BCUT2D eigenvalue weighted by molar-refractivity contribution is -0.639. The molecule has 18 heavy (non-hydrogen) atoms. The lowest BCUT2D eigenvalue weighted by atomic mass is 10.1. The summed E-state index contributed by atoms with van der Waals surface area (Å²) in [4.78, 5) is 33.1. The maximum absolute atomic E-state index is 11.7. The molecule has 0 spiro atoms. The van der Waals surface area contributed by atoms with E-state index in [1.165, 1.54) is 0 Å². The molecule has 0 saturated heterocycles. The Morgan fingerprint density at radius 1 is 1.39 bits per heavy atom. The molecule has 96 valence electrons. The number of carboxylic acid groups (broad SMARTS) is 1. The van der Waals surface area contributed by atoms with Crippen LogP contribution in [0, 0.1) is 10.1 Å². The van der Waals surface area contributed by atoms with Gasteiger partial charge < -0.3 is 5.11 Å². The minimum absolute atomic E-state index is 0.134. The molecule has 1 rings (SSSR count). The maximum atomic E-state index is 11.7. The van der Waals surface area contributed by atoms with Gasteiger partial charge in [0.25, 0.3) is 5.91 Å². The van der Waals surface area contributed by atoms with Crippen LogP contribution in [0.3, 0.4) is 0 Å². The molecule has 0 aromatic heterocycles. The smallest absolute Gasteiger partial charge is 0.332 e. The van der Waals surface area contributed by atoms with E-state index in [9.17, 15) is 19.7 Å². The van der Waals surface area contributed by atoms with Crippen LogP contribution in [0.4, 0.5) is 0 Å². The highest BCUT2D eigenvalue weighted by atomic mass is 16.7. The Kier molecular flexibility index (Phi) is 4.36. The molecule has 7 nitrogen and oxygen atoms in total. The van der Waals surface area contributed by atoms with E-state index in [4.69, 9.17) is 5.11 Å². The van der Waals surface area contributed by atoms with E-state index >= 15 is 0 Å². The van der Waals surface area contributed by atoms with Crippen molar-refractivity contribution in [1.29, 1.82) is 0 Å². The summed E-state index contributed by atoms with van der Waals surface area (Å²) >= 11 is 0. The van der Waals surface area contributed by atoms with Gasteiger partial charge in [-0.05, 0) is 17.5 Å². The number of hydrogen-bond donors (Lipinski definition) is 1. The van der Waals surface area contributed by atoms with Crippen LogP contribution in [0.15, 0.2) is 30.3 Å². The van der Waals surface area contributed by atoms with Crippen molar-refractivity contribution >= 4 is 11.9 Å². The normalized spacial score (nSPS) is 11.6. The highest BCUT2D eigenvalue weighted by molar-refractivity contribution is 5.83. The van der Waals surface area contributed by atoms with E-state index in [2.05, 4.69) is 0 Å². The summed E-state index contributed by atoms with van der Waals surface area (Å²) in [5.41, 5.74) is 0.590. The molecule has 0 radical (unpaired) electrons. The molecule has 1 amide bonds. The quantitative estimate of drug-likeness (QED) is 0.614. The fraction of sp³-hybridized carbons (Fsp3) is 0.273. The van der Waals surface area contributed by atoms with E-state index in [-0.39, 0.29) is 11.4 Å². The average Bonchev–Trinajstić information content (AvgIpc) is 2.29. The summed E-state index contributed by atoms with van der Waals surface area (Å²) in [5, 5.41) is 18.6. The molecular weight excluding hydrogens is 240 g/mol. The van der Waals surface area contributed by atoms with Crippen LogP contribution in [0.2, 0.25) is 0 Å². The van der Waals surface area contributed by atoms with E-state index in [0.29, 0.717) is 5.56 Å². The highest BCUT2D eigenvalue weighted by Gasteiger charge is 2.35. The molecule has 0 fully saturated rings. The number of amides is 1. The van der Waals surface area contributed by atoms with Crippen molar-refractivity contribution in [2.24, 2.45) is 0 Å². The number of nitrogens with zero attached hydrogens (tertiary/aromatic N) is 2. The third kappa shape index (κ3) is 3.27. The Labute approximate surface area is 103 Å². The molecule has 1 atom stereocenters. The summed E-state index contributed by atoms with van der Waals surface area (Å²) in [6, 6.07) is 6.91. The number of carbonyl (C=O) groups excluding carboxylic acids is 1. The van der Waals surface area contributed by atoms with E-state index < -0.39 is 23.0 Å². The van der Waals surface area contributed by atoms with Crippen molar-refractivity contribution in [3.63, 3.8) is 0 Å². The molecule has 1 N–H and O–H groups in total. The first-order valence-corrected chi connectivity index (χ1v) is 5.16. The highest BCUT2D eigenvalue weighted by Crippen LogP contribution is 2.07. The van der Waals surface area contributed by atoms with E-state index in [1.54, 1.807) is 30.3 Å². The second-order valence-corrected chi connectivity index (χ2v) is 3.65. The molecule has 7 heteroatoms. The average molecular weight is 252 g/mol. The van der Waals surface area contributed by atoms with Gasteiger partial charge in [-0.2, -0.15) is 0 Å². The number of benzene rings is 1. The van der Waals surface area contributed by atoms with Gasteiger partial charge >= 0.3 is 5.97 Å². The number of rotatable bonds is 5. The lowest BCUT2D eigenvalue weighted by Crippen LogP contribution is -2.47. The van der Waals surface area contributed by atoms with Crippen molar-refractivity contribution in [2.75, 3.05) is 0 Å². The van der Waals surface area contributed by atoms with Crippen LogP contribution < -0.4 is 0 Å². The molecule has 1 aromatic rings. The topological polar surface area (TPSA) is 101 Å². The number of hydrogen-bond acceptors (Lipinski definition) is 4. The summed E-state index contributed by atoms with van der Waals surface area (Å²) in [6.07, 6.45) is -0.209. The summed E-state index contributed by atoms with van der Waals surface area (Å²) in [6.45, 7) is 1.09. The Morgan fingerprint density at radius 3 is 2.39 bits per heavy atom. The van der Waals surface area contributed by atoms with Crippen molar-refractivity contribution in [3.8, 4) is 0 Å². The Morgan fingerprint density at radius 2 is 1.94 bits per heavy atom. The lowest BCUT2D eigenvalue weighted by Gasteiger charge is -2.15. The van der Waals surface area contributed by atoms with E-state index in [0.717, 1.165) is 6.92 Å². The maximum Gasteiger partial charge on any atom is 0.332 e. The molecule has 0 bridgehead atoms. The third-order valence-corrected chi connectivity index (χ3v) is 2.35. The minimum Gasteiger partial charge on any atom is -0.480 e. The van der Waals surface area contributed by atoms with Gasteiger partial charge in [0.15, 0.2) is 11.1 Å². The fourth-order valence-electron chi connectivity index (χ4n) is 1.40. The largest absolute Gasteiger partial charge is 0.480 e. The zero-order chi connectivity index (χ0) is 13.7. The van der Waals surface area contributed by atoms with Gasteiger partial charge in [-0.3, -0.25) is 4.79 Å². The molecule has 0 aliphatic carbocycles. The van der Waals surface area contributed by atoms with Crippen LogP contribution in [-0.2, 0) is 16.0 Å². The number of carboxylic acids is 1. The Bertz CT molecular complexity index is 460. The van der Waals surface area contributed by atoms with Gasteiger partial charge in [0.05, 0.1) is 6.42 Å². The van der Waals surface area contributed by atoms with E-state index in [1.807, 2.05) is 0 Å². The molecule has 0 saturated carbocycles. The van der Waals surface area contributed by atoms with Gasteiger partial charge in [0, 0.05) is 0 Å².